The fourth-order valence-electron chi connectivity index (χ4n) is 11.6. The first-order valence-corrected chi connectivity index (χ1v) is 28.2. The number of amides is 7. The van der Waals surface area contributed by atoms with Crippen LogP contribution in [0.1, 0.15) is 157 Å². The number of rotatable bonds is 19. The first-order valence-electron chi connectivity index (χ1n) is 28.2. The van der Waals surface area contributed by atoms with Gasteiger partial charge in [0.1, 0.15) is 24.2 Å². The van der Waals surface area contributed by atoms with E-state index in [1.807, 2.05) is 90.1 Å². The first-order chi connectivity index (χ1) is 37.0. The zero-order chi connectivity index (χ0) is 56.6. The molecule has 0 saturated carbocycles. The molecule has 0 aromatic heterocycles. The van der Waals surface area contributed by atoms with Crippen LogP contribution in [0.2, 0.25) is 0 Å². The van der Waals surface area contributed by atoms with Crippen LogP contribution in [0, 0.1) is 16.7 Å². The van der Waals surface area contributed by atoms with Crippen LogP contribution in [0.4, 0.5) is 0 Å². The van der Waals surface area contributed by atoms with Gasteiger partial charge in [-0.2, -0.15) is 0 Å². The minimum Gasteiger partial charge on any atom is -0.351 e. The Kier molecular flexibility index (Phi) is 19.4. The number of Topliss-reactive ketones (excluding diaryl/α,β-unsaturated/α-hetero) is 1. The molecule has 4 aliphatic rings. The molecule has 2 heterocycles. The summed E-state index contributed by atoms with van der Waals surface area (Å²) in [5.74, 6) is -2.75. The quantitative estimate of drug-likeness (QED) is 0.0781. The molecular weight excluding hydrogens is 987 g/mol. The number of likely N-dealkylation sites (N-methyl/N-ethyl adjacent to an activating group) is 2. The highest BCUT2D eigenvalue weighted by molar-refractivity contribution is 5.98. The van der Waals surface area contributed by atoms with E-state index < -0.39 is 59.0 Å². The predicted octanol–water partition coefficient (Wildman–Crippen LogP) is 5.16. The van der Waals surface area contributed by atoms with E-state index in [1.54, 1.807) is 45.0 Å². The molecule has 3 aromatic rings. The molecule has 2 aliphatic carbocycles. The number of likely N-dealkylation sites (tertiary alicyclic amines) is 2. The maximum atomic E-state index is 14.6. The number of aryl methyl sites for hydroxylation is 3. The van der Waals surface area contributed by atoms with E-state index in [4.69, 9.17) is 0 Å². The number of nitrogens with zero attached hydrogens (tertiary/aromatic N) is 2. The molecule has 0 unspecified atom stereocenters. The topological polar surface area (TPSA) is 227 Å². The molecule has 0 radical (unpaired) electrons. The van der Waals surface area contributed by atoms with Gasteiger partial charge in [-0.15, -0.1) is 0 Å². The zero-order valence-corrected chi connectivity index (χ0v) is 47.6. The smallest absolute Gasteiger partial charge is 0.246 e. The summed E-state index contributed by atoms with van der Waals surface area (Å²) in [6.45, 7) is 14.9. The maximum Gasteiger partial charge on any atom is 0.246 e. The molecular formula is C61H85N9O8. The van der Waals surface area contributed by atoms with Gasteiger partial charge in [0, 0.05) is 37.5 Å². The standard InChI is InChI=1S/C61H85N9O8/c1-36(62-9)54(73)67-52(60(3,4)5)58(77)69-34-39(31-48(69)56(75)65-46-23-15-19-40-17-11-13-21-44(40)46)32-50(71)42-28-25-38(26-29-42)27-30-51(72)64-43-33-49(57(76)66-47-24-16-20-41-18-12-14-22-45(41)47)70(35-43)59(78)53(61(6,7)8)68-55(74)37(2)63-10/h11-14,17-18,21-22,25-26,28-29,36-37,39,43,46-49,52-53,62-63H,15-16,19-20,23-24,27,30-35H2,1-10H3,(H,64,72)(H,65,75)(H,66,76)(H,67,73)(H,68,74)/t36-,37-,39+,43-,46+,47+,48-,49-,52+,53+/m0/s1. The lowest BCUT2D eigenvalue weighted by molar-refractivity contribution is -0.144. The summed E-state index contributed by atoms with van der Waals surface area (Å²) in [6.07, 6.45) is 6.26. The number of ketones is 1. The monoisotopic (exact) mass is 1070 g/mol. The summed E-state index contributed by atoms with van der Waals surface area (Å²) in [7, 11) is 3.34. The summed E-state index contributed by atoms with van der Waals surface area (Å²) in [5, 5.41) is 21.3. The highest BCUT2D eigenvalue weighted by atomic mass is 16.2. The van der Waals surface area contributed by atoms with Gasteiger partial charge >= 0.3 is 0 Å². The molecule has 78 heavy (non-hydrogen) atoms. The van der Waals surface area contributed by atoms with Gasteiger partial charge in [-0.3, -0.25) is 38.4 Å². The molecule has 0 bridgehead atoms. The third kappa shape index (κ3) is 14.4. The summed E-state index contributed by atoms with van der Waals surface area (Å²) in [6, 6.07) is 17.6. The van der Waals surface area contributed by atoms with Gasteiger partial charge < -0.3 is 47.0 Å². The van der Waals surface area contributed by atoms with Crippen LogP contribution in [-0.4, -0.2) is 126 Å². The van der Waals surface area contributed by atoms with Gasteiger partial charge in [-0.05, 0) is 130 Å². The van der Waals surface area contributed by atoms with Crippen LogP contribution in [-0.2, 0) is 52.8 Å². The number of benzene rings is 3. The molecule has 3 aromatic carbocycles. The Labute approximate surface area is 461 Å². The highest BCUT2D eigenvalue weighted by Crippen LogP contribution is 2.35. The van der Waals surface area contributed by atoms with Crippen molar-refractivity contribution in [3.63, 3.8) is 0 Å². The molecule has 7 amide bonds. The number of hydrogen-bond acceptors (Lipinski definition) is 10. The van der Waals surface area contributed by atoms with Gasteiger partial charge in [0.2, 0.25) is 41.4 Å². The van der Waals surface area contributed by atoms with E-state index in [0.29, 0.717) is 12.0 Å². The van der Waals surface area contributed by atoms with E-state index in [9.17, 15) is 38.4 Å². The first kappa shape index (κ1) is 59.2. The summed E-state index contributed by atoms with van der Waals surface area (Å²) >= 11 is 0. The lowest BCUT2D eigenvalue weighted by atomic mass is 9.85. The van der Waals surface area contributed by atoms with Crippen LogP contribution in [0.5, 0.6) is 0 Å². The Bertz CT molecular complexity index is 2680. The Hall–Kier alpha value is -6.46. The molecule has 0 spiro atoms. The Morgan fingerprint density at radius 2 is 1.05 bits per heavy atom. The maximum absolute atomic E-state index is 14.6. The van der Waals surface area contributed by atoms with Crippen molar-refractivity contribution in [3.05, 3.63) is 106 Å². The predicted molar refractivity (Wildman–Crippen MR) is 300 cm³/mol. The van der Waals surface area contributed by atoms with Crippen LogP contribution in [0.15, 0.2) is 72.8 Å². The van der Waals surface area contributed by atoms with Gasteiger partial charge in [0.15, 0.2) is 5.78 Å². The van der Waals surface area contributed by atoms with Crippen molar-refractivity contribution in [1.82, 2.24) is 47.0 Å². The number of hydrogen-bond donors (Lipinski definition) is 7. The third-order valence-corrected chi connectivity index (χ3v) is 16.4. The van der Waals surface area contributed by atoms with Gasteiger partial charge in [-0.1, -0.05) is 114 Å². The number of carbonyl (C=O) groups is 8. The number of fused-ring (bicyclic) bond motifs is 2. The normalized spacial score (nSPS) is 22.6. The van der Waals surface area contributed by atoms with Crippen LogP contribution < -0.4 is 37.2 Å². The highest BCUT2D eigenvalue weighted by Gasteiger charge is 2.48. The summed E-state index contributed by atoms with van der Waals surface area (Å²) < 4.78 is 0. The summed E-state index contributed by atoms with van der Waals surface area (Å²) in [5.41, 5.74) is 4.42. The lowest BCUT2D eigenvalue weighted by Gasteiger charge is -2.36. The van der Waals surface area contributed by atoms with Crippen molar-refractivity contribution in [2.24, 2.45) is 16.7 Å². The molecule has 2 aliphatic heterocycles. The Morgan fingerprint density at radius 1 is 0.590 bits per heavy atom. The van der Waals surface area contributed by atoms with E-state index >= 15 is 0 Å². The Morgan fingerprint density at radius 3 is 1.53 bits per heavy atom. The van der Waals surface area contributed by atoms with Crippen LogP contribution in [0.25, 0.3) is 0 Å². The lowest BCUT2D eigenvalue weighted by Crippen LogP contribution is -2.59. The fraction of sp³-hybridized carbons (Fsp3) is 0.574. The molecule has 17 heteroatoms. The van der Waals surface area contributed by atoms with Crippen LogP contribution in [0.3, 0.4) is 0 Å². The third-order valence-electron chi connectivity index (χ3n) is 16.4. The second-order valence-electron chi connectivity index (χ2n) is 24.4. The van der Waals surface area contributed by atoms with Crippen molar-refractivity contribution in [1.29, 1.82) is 0 Å². The van der Waals surface area contributed by atoms with E-state index in [0.717, 1.165) is 55.2 Å². The van der Waals surface area contributed by atoms with Crippen molar-refractivity contribution < 1.29 is 38.4 Å². The SMILES string of the molecule is CN[C@@H](C)C(=O)N[C@H](C(=O)N1C[C@@H](CC(=O)c2ccc(CCC(=O)N[C@H]3C[C@@H](C(=O)N[C@@H]4CCCc5ccccc54)N(C(=O)[C@@H](NC(=O)[C@H](C)NC)C(C)(C)C)C3)cc2)C[C@H]1C(=O)N[C@@H]1CCCc2ccccc21)C(C)(C)C. The molecule has 10 atom stereocenters. The second kappa shape index (κ2) is 25.6. The molecule has 17 nitrogen and oxygen atoms in total. The van der Waals surface area contributed by atoms with E-state index in [-0.39, 0.29) is 98.0 Å². The van der Waals surface area contributed by atoms with Crippen molar-refractivity contribution in [2.45, 2.75) is 180 Å². The van der Waals surface area contributed by atoms with Crippen molar-refractivity contribution >= 4 is 47.1 Å². The summed E-state index contributed by atoms with van der Waals surface area (Å²) in [4.78, 5) is 115. The van der Waals surface area contributed by atoms with E-state index in [1.165, 1.54) is 16.0 Å². The van der Waals surface area contributed by atoms with E-state index in [2.05, 4.69) is 49.4 Å². The van der Waals surface area contributed by atoms with Crippen LogP contribution >= 0.6 is 0 Å². The largest absolute Gasteiger partial charge is 0.351 e. The Balaban J connectivity index is 0.999. The molecule has 2 saturated heterocycles. The van der Waals surface area contributed by atoms with Gasteiger partial charge in [-0.25, -0.2) is 0 Å². The molecule has 7 N–H and O–H groups in total. The average molecular weight is 1070 g/mol. The van der Waals surface area contributed by atoms with Gasteiger partial charge in [0.25, 0.3) is 0 Å². The fourth-order valence-corrected chi connectivity index (χ4v) is 11.6. The number of nitrogens with one attached hydrogen (secondary N) is 7. The van der Waals surface area contributed by atoms with Gasteiger partial charge in [0.05, 0.1) is 24.2 Å². The molecule has 2 fully saturated rings. The molecule has 7 rings (SSSR count). The second-order valence-corrected chi connectivity index (χ2v) is 24.4. The van der Waals surface area contributed by atoms with Crippen molar-refractivity contribution in [3.8, 4) is 0 Å². The number of carbonyl (C=O) groups excluding carboxylic acids is 8. The minimum atomic E-state index is -0.944. The average Bonchev–Trinajstić information content (AvgIpc) is 4.09. The minimum absolute atomic E-state index is 0.0851. The zero-order valence-electron chi connectivity index (χ0n) is 47.6. The van der Waals surface area contributed by atoms with Crippen molar-refractivity contribution in [2.75, 3.05) is 27.2 Å². The molecule has 422 valence electrons.